The summed E-state index contributed by atoms with van der Waals surface area (Å²) < 4.78 is 50.2. The van der Waals surface area contributed by atoms with Gasteiger partial charge in [-0.15, -0.1) is 3.89 Å². The van der Waals surface area contributed by atoms with E-state index in [0.29, 0.717) is 5.75 Å². The van der Waals surface area contributed by atoms with Crippen molar-refractivity contribution in [3.63, 3.8) is 0 Å². The highest BCUT2D eigenvalue weighted by molar-refractivity contribution is 8.03. The maximum Gasteiger partial charge on any atom is 0.386 e. The Bertz CT molecular complexity index is 413. The van der Waals surface area contributed by atoms with E-state index < -0.39 is 29.3 Å². The van der Waals surface area contributed by atoms with Gasteiger partial charge in [-0.1, -0.05) is 25.8 Å². The number of para-hydroxylation sites is 1. The number of ether oxygens (including phenoxy) is 1. The Morgan fingerprint density at radius 3 is 2.44 bits per heavy atom. The van der Waals surface area contributed by atoms with E-state index in [1.54, 1.807) is 30.3 Å². The molecule has 0 aromatic heterocycles. The fourth-order valence-electron chi connectivity index (χ4n) is 0.932. The monoisotopic (exact) mass is 269 g/mol. The maximum atomic E-state index is 12.4. The molecule has 4 nitrogen and oxygen atoms in total. The second-order valence-corrected chi connectivity index (χ2v) is 4.77. The van der Waals surface area contributed by atoms with Gasteiger partial charge in [-0.2, -0.15) is 8.42 Å². The molecule has 0 saturated carbocycles. The first-order valence-corrected chi connectivity index (χ1v) is 6.24. The van der Waals surface area contributed by atoms with Gasteiger partial charge >= 0.3 is 10.4 Å². The average Bonchev–Trinajstić information content (AvgIpc) is 2.24. The summed E-state index contributed by atoms with van der Waals surface area (Å²) in [6, 6.07) is 8.53. The molecular weight excluding hydrogens is 260 g/mol. The standard InChI is InChI=1S/C8H9F2NO3S2/c9-15-11(16(10,12)13)6-7-14-8-4-2-1-3-5-8/h1-5H,6-7H2. The van der Waals surface area contributed by atoms with Gasteiger partial charge in [-0.3, -0.25) is 0 Å². The van der Waals surface area contributed by atoms with Gasteiger partial charge in [0, 0.05) is 0 Å². The first-order chi connectivity index (χ1) is 7.54. The Morgan fingerprint density at radius 2 is 1.94 bits per heavy atom. The summed E-state index contributed by atoms with van der Waals surface area (Å²) in [6.45, 7) is -0.543. The third-order valence-corrected chi connectivity index (χ3v) is 3.31. The fourth-order valence-corrected chi connectivity index (χ4v) is 1.64. The van der Waals surface area contributed by atoms with Gasteiger partial charge in [0.05, 0.1) is 6.54 Å². The van der Waals surface area contributed by atoms with Crippen molar-refractivity contribution < 1.29 is 20.9 Å². The van der Waals surface area contributed by atoms with Crippen molar-refractivity contribution in [1.82, 2.24) is 3.71 Å². The fraction of sp³-hybridized carbons (Fsp3) is 0.250. The number of rotatable bonds is 6. The zero-order valence-electron chi connectivity index (χ0n) is 8.05. The summed E-state index contributed by atoms with van der Waals surface area (Å²) in [5, 5.41) is 0. The van der Waals surface area contributed by atoms with Crippen LogP contribution in [0.2, 0.25) is 0 Å². The van der Waals surface area contributed by atoms with Crippen molar-refractivity contribution in [3.8, 4) is 5.75 Å². The second-order valence-electron chi connectivity index (χ2n) is 2.70. The average molecular weight is 269 g/mol. The largest absolute Gasteiger partial charge is 0.492 e. The molecule has 0 saturated heterocycles. The summed E-state index contributed by atoms with van der Waals surface area (Å²) >= 11 is -0.698. The van der Waals surface area contributed by atoms with E-state index in [1.165, 1.54) is 0 Å². The lowest BCUT2D eigenvalue weighted by molar-refractivity contribution is 0.303. The minimum atomic E-state index is -5.03. The molecule has 0 aliphatic heterocycles. The van der Waals surface area contributed by atoms with Gasteiger partial charge in [0.1, 0.15) is 12.4 Å². The van der Waals surface area contributed by atoms with E-state index in [-0.39, 0.29) is 10.3 Å². The van der Waals surface area contributed by atoms with Crippen LogP contribution in [-0.4, -0.2) is 25.3 Å². The lowest BCUT2D eigenvalue weighted by Crippen LogP contribution is -2.24. The molecule has 90 valence electrons. The topological polar surface area (TPSA) is 46.6 Å². The molecule has 0 aliphatic carbocycles. The van der Waals surface area contributed by atoms with Gasteiger partial charge in [-0.05, 0) is 12.1 Å². The lowest BCUT2D eigenvalue weighted by Gasteiger charge is -2.11. The van der Waals surface area contributed by atoms with Crippen molar-refractivity contribution in [1.29, 1.82) is 0 Å². The smallest absolute Gasteiger partial charge is 0.386 e. The zero-order chi connectivity index (χ0) is 12.0. The number of halogens is 2. The van der Waals surface area contributed by atoms with Crippen LogP contribution >= 0.6 is 12.3 Å². The molecule has 0 N–H and O–H groups in total. The van der Waals surface area contributed by atoms with E-state index in [2.05, 4.69) is 0 Å². The van der Waals surface area contributed by atoms with E-state index >= 15 is 0 Å². The molecule has 0 bridgehead atoms. The molecule has 0 atom stereocenters. The molecule has 16 heavy (non-hydrogen) atoms. The highest BCUT2D eigenvalue weighted by atomic mass is 32.3. The number of hydrogen-bond acceptors (Lipinski definition) is 4. The van der Waals surface area contributed by atoms with Crippen molar-refractivity contribution in [3.05, 3.63) is 30.3 Å². The van der Waals surface area contributed by atoms with Crippen molar-refractivity contribution in [2.45, 2.75) is 0 Å². The van der Waals surface area contributed by atoms with E-state index in [0.717, 1.165) is 0 Å². The van der Waals surface area contributed by atoms with Crippen LogP contribution in [0.5, 0.6) is 5.75 Å². The van der Waals surface area contributed by atoms with Gasteiger partial charge in [-0.25, -0.2) is 0 Å². The van der Waals surface area contributed by atoms with Crippen LogP contribution in [0.25, 0.3) is 0 Å². The molecule has 0 fully saturated rings. The molecule has 0 heterocycles. The van der Waals surface area contributed by atoms with Crippen LogP contribution in [-0.2, 0) is 10.4 Å². The molecule has 1 rings (SSSR count). The molecule has 0 radical (unpaired) electrons. The van der Waals surface area contributed by atoms with Gasteiger partial charge < -0.3 is 4.74 Å². The van der Waals surface area contributed by atoms with E-state index in [1.807, 2.05) is 0 Å². The molecule has 8 heteroatoms. The maximum absolute atomic E-state index is 12.4. The third-order valence-electron chi connectivity index (χ3n) is 1.61. The molecule has 1 aromatic carbocycles. The van der Waals surface area contributed by atoms with Crippen molar-refractivity contribution in [2.75, 3.05) is 13.2 Å². The van der Waals surface area contributed by atoms with Crippen LogP contribution < -0.4 is 4.74 Å². The van der Waals surface area contributed by atoms with E-state index in [9.17, 15) is 16.2 Å². The highest BCUT2D eigenvalue weighted by Gasteiger charge is 2.22. The molecular formula is C8H9F2NO3S2. The first-order valence-electron chi connectivity index (χ1n) is 4.23. The normalized spacial score (nSPS) is 11.7. The second kappa shape index (κ2) is 6.02. The summed E-state index contributed by atoms with van der Waals surface area (Å²) in [4.78, 5) is 0. The van der Waals surface area contributed by atoms with E-state index in [4.69, 9.17) is 4.74 Å². The minimum absolute atomic E-state index is 0.0318. The third kappa shape index (κ3) is 4.33. The summed E-state index contributed by atoms with van der Waals surface area (Å²) in [5.74, 6) is 0.502. The molecule has 0 aliphatic rings. The molecule has 1 aromatic rings. The molecule has 0 spiro atoms. The number of benzene rings is 1. The predicted octanol–water partition coefficient (Wildman–Crippen LogP) is 2.11. The van der Waals surface area contributed by atoms with Crippen LogP contribution in [0.1, 0.15) is 0 Å². The van der Waals surface area contributed by atoms with Crippen LogP contribution in [0.15, 0.2) is 30.3 Å². The number of hydrogen-bond donors (Lipinski definition) is 0. The SMILES string of the molecule is O=S(=O)(F)N(CCOc1ccccc1)SF. The predicted molar refractivity (Wildman–Crippen MR) is 57.4 cm³/mol. The molecule has 0 amide bonds. The summed E-state index contributed by atoms with van der Waals surface area (Å²) in [7, 11) is -5.03. The van der Waals surface area contributed by atoms with Gasteiger partial charge in [0.2, 0.25) is 0 Å². The summed E-state index contributed by atoms with van der Waals surface area (Å²) in [6.07, 6.45) is 0. The Balaban J connectivity index is 2.41. The van der Waals surface area contributed by atoms with Crippen LogP contribution in [0, 0.1) is 0 Å². The Labute approximate surface area is 97.0 Å². The van der Waals surface area contributed by atoms with Crippen molar-refractivity contribution in [2.24, 2.45) is 0 Å². The zero-order valence-corrected chi connectivity index (χ0v) is 9.68. The Morgan fingerprint density at radius 1 is 1.31 bits per heavy atom. The number of nitrogens with zero attached hydrogens (tertiary/aromatic N) is 1. The van der Waals surface area contributed by atoms with Gasteiger partial charge in [0.15, 0.2) is 12.3 Å². The highest BCUT2D eigenvalue weighted by Crippen LogP contribution is 2.17. The quantitative estimate of drug-likeness (QED) is 0.586. The van der Waals surface area contributed by atoms with Gasteiger partial charge in [0.25, 0.3) is 0 Å². The lowest BCUT2D eigenvalue weighted by atomic mass is 10.3. The van der Waals surface area contributed by atoms with Crippen molar-refractivity contribution >= 4 is 22.7 Å². The molecule has 0 unspecified atom stereocenters. The Kier molecular flexibility index (Phi) is 4.97. The summed E-state index contributed by atoms with van der Waals surface area (Å²) in [5.41, 5.74) is 0. The first kappa shape index (κ1) is 13.2. The minimum Gasteiger partial charge on any atom is -0.492 e. The van der Waals surface area contributed by atoms with Crippen LogP contribution in [0.3, 0.4) is 0 Å². The van der Waals surface area contributed by atoms with Crippen LogP contribution in [0.4, 0.5) is 7.77 Å². The Hall–Kier alpha value is -0.860.